The summed E-state index contributed by atoms with van der Waals surface area (Å²) in [6.07, 6.45) is 1.98. The molecule has 154 valence electrons. The Hall–Kier alpha value is -1.96. The molecule has 0 aliphatic carbocycles. The molecule has 1 unspecified atom stereocenters. The van der Waals surface area contributed by atoms with Crippen LogP contribution in [0.3, 0.4) is 0 Å². The van der Waals surface area contributed by atoms with Crippen LogP contribution in [0.5, 0.6) is 0 Å². The highest BCUT2D eigenvalue weighted by atomic mass is 32.1. The van der Waals surface area contributed by atoms with Crippen LogP contribution < -0.4 is 10.6 Å². The second-order valence-corrected chi connectivity index (χ2v) is 9.62. The molecule has 0 bridgehead atoms. The third-order valence-corrected chi connectivity index (χ3v) is 5.60. The van der Waals surface area contributed by atoms with Crippen molar-refractivity contribution in [1.82, 2.24) is 30.4 Å². The minimum Gasteiger partial charge on any atom is -0.357 e. The van der Waals surface area contributed by atoms with Gasteiger partial charge >= 0.3 is 0 Å². The fraction of sp³-hybridized carbons (Fsp3) is 0.700. The van der Waals surface area contributed by atoms with Crippen LogP contribution in [0, 0.1) is 0 Å². The molecule has 28 heavy (non-hydrogen) atoms. The normalized spacial score (nSPS) is 17.7. The molecule has 7 nitrogen and oxygen atoms in total. The molecule has 3 rings (SSSR count). The molecule has 0 saturated carbocycles. The third kappa shape index (κ3) is 5.10. The Labute approximate surface area is 172 Å². The summed E-state index contributed by atoms with van der Waals surface area (Å²) in [5, 5.41) is 14.8. The maximum absolute atomic E-state index is 4.76. The molecule has 2 aromatic heterocycles. The van der Waals surface area contributed by atoms with Gasteiger partial charge in [0, 0.05) is 35.7 Å². The number of nitrogens with one attached hydrogen (secondary N) is 2. The molecule has 0 spiro atoms. The smallest absolute Gasteiger partial charge is 0.191 e. The molecule has 1 aliphatic rings. The average molecular weight is 404 g/mol. The lowest BCUT2D eigenvalue weighted by molar-refractivity contribution is 0.391. The van der Waals surface area contributed by atoms with E-state index in [1.54, 1.807) is 11.3 Å². The first kappa shape index (κ1) is 20.8. The zero-order chi connectivity index (χ0) is 20.3. The zero-order valence-electron chi connectivity index (χ0n) is 17.9. The Morgan fingerprint density at radius 2 is 2.14 bits per heavy atom. The van der Waals surface area contributed by atoms with E-state index in [1.807, 2.05) is 0 Å². The molecule has 2 N–H and O–H groups in total. The summed E-state index contributed by atoms with van der Waals surface area (Å²) in [6.45, 7) is 15.2. The van der Waals surface area contributed by atoms with Crippen LogP contribution in [0.2, 0.25) is 0 Å². The summed E-state index contributed by atoms with van der Waals surface area (Å²) in [7, 11) is 0. The van der Waals surface area contributed by atoms with Crippen LogP contribution in [0.4, 0.5) is 0 Å². The van der Waals surface area contributed by atoms with E-state index in [-0.39, 0.29) is 5.41 Å². The summed E-state index contributed by atoms with van der Waals surface area (Å²) >= 11 is 1.68. The Balaban J connectivity index is 1.64. The second kappa shape index (κ2) is 8.59. The minimum absolute atomic E-state index is 0.0770. The van der Waals surface area contributed by atoms with E-state index in [0.29, 0.717) is 18.5 Å². The van der Waals surface area contributed by atoms with Crippen LogP contribution >= 0.6 is 11.3 Å². The topological polar surface area (TPSA) is 80.0 Å². The molecule has 3 heterocycles. The highest BCUT2D eigenvalue weighted by Gasteiger charge is 2.23. The number of aliphatic imine (C=N–C) groups is 1. The molecular formula is C20H33N7S. The van der Waals surface area contributed by atoms with Gasteiger partial charge in [-0.3, -0.25) is 0 Å². The molecule has 1 aliphatic heterocycles. The van der Waals surface area contributed by atoms with Crippen molar-refractivity contribution in [2.24, 2.45) is 4.99 Å². The van der Waals surface area contributed by atoms with Gasteiger partial charge in [0.05, 0.1) is 18.8 Å². The molecule has 0 amide bonds. The van der Waals surface area contributed by atoms with Gasteiger partial charge < -0.3 is 10.6 Å². The number of rotatable bonds is 5. The van der Waals surface area contributed by atoms with E-state index in [4.69, 9.17) is 9.98 Å². The average Bonchev–Trinajstić information content (AvgIpc) is 3.26. The number of guanidine groups is 1. The predicted octanol–water partition coefficient (Wildman–Crippen LogP) is 3.23. The molecule has 2 aromatic rings. The number of nitrogens with zero attached hydrogens (tertiary/aromatic N) is 5. The number of hydrogen-bond acceptors (Lipinski definition) is 5. The molecule has 0 radical (unpaired) electrons. The van der Waals surface area contributed by atoms with E-state index in [9.17, 15) is 0 Å². The van der Waals surface area contributed by atoms with E-state index < -0.39 is 0 Å². The number of aryl methyl sites for hydroxylation is 1. The number of aromatic nitrogens is 4. The van der Waals surface area contributed by atoms with Crippen LogP contribution in [0.25, 0.3) is 0 Å². The van der Waals surface area contributed by atoms with Crippen molar-refractivity contribution in [2.45, 2.75) is 84.8 Å². The lowest BCUT2D eigenvalue weighted by Crippen LogP contribution is -2.47. The van der Waals surface area contributed by atoms with Gasteiger partial charge in [0.25, 0.3) is 0 Å². The highest BCUT2D eigenvalue weighted by molar-refractivity contribution is 7.09. The summed E-state index contributed by atoms with van der Waals surface area (Å²) in [4.78, 5) is 14.2. The highest BCUT2D eigenvalue weighted by Crippen LogP contribution is 2.24. The van der Waals surface area contributed by atoms with Crippen molar-refractivity contribution < 1.29 is 0 Å². The molecule has 0 fully saturated rings. The van der Waals surface area contributed by atoms with Crippen LogP contribution in [0.1, 0.15) is 76.2 Å². The van der Waals surface area contributed by atoms with Crippen LogP contribution in [0.15, 0.2) is 10.4 Å². The molecule has 0 saturated heterocycles. The maximum Gasteiger partial charge on any atom is 0.191 e. The summed E-state index contributed by atoms with van der Waals surface area (Å²) in [5.41, 5.74) is 1.21. The molecule has 8 heteroatoms. The zero-order valence-corrected chi connectivity index (χ0v) is 18.7. The van der Waals surface area contributed by atoms with Crippen molar-refractivity contribution >= 4 is 17.3 Å². The van der Waals surface area contributed by atoms with E-state index in [1.165, 1.54) is 0 Å². The maximum atomic E-state index is 4.76. The summed E-state index contributed by atoms with van der Waals surface area (Å²) in [5.74, 6) is 3.24. The van der Waals surface area contributed by atoms with Crippen LogP contribution in [-0.4, -0.2) is 38.3 Å². The van der Waals surface area contributed by atoms with Gasteiger partial charge in [-0.25, -0.2) is 19.6 Å². The number of hydrogen-bond donors (Lipinski definition) is 2. The van der Waals surface area contributed by atoms with Gasteiger partial charge in [-0.1, -0.05) is 34.6 Å². The third-order valence-electron chi connectivity index (χ3n) is 4.77. The second-order valence-electron chi connectivity index (χ2n) is 8.67. The van der Waals surface area contributed by atoms with Crippen molar-refractivity contribution in [1.29, 1.82) is 0 Å². The summed E-state index contributed by atoms with van der Waals surface area (Å²) < 4.78 is 2.05. The van der Waals surface area contributed by atoms with Crippen molar-refractivity contribution in [3.05, 3.63) is 27.7 Å². The fourth-order valence-corrected chi connectivity index (χ4v) is 4.02. The largest absolute Gasteiger partial charge is 0.357 e. The first-order valence-electron chi connectivity index (χ1n) is 10.2. The Kier molecular flexibility index (Phi) is 6.37. The van der Waals surface area contributed by atoms with Gasteiger partial charge in [-0.05, 0) is 13.3 Å². The van der Waals surface area contributed by atoms with Gasteiger partial charge in [0.15, 0.2) is 11.8 Å². The first-order valence-corrected chi connectivity index (χ1v) is 11.1. The van der Waals surface area contributed by atoms with Crippen molar-refractivity contribution in [3.8, 4) is 0 Å². The Morgan fingerprint density at radius 3 is 2.79 bits per heavy atom. The van der Waals surface area contributed by atoms with Gasteiger partial charge in [0.2, 0.25) is 0 Å². The summed E-state index contributed by atoms with van der Waals surface area (Å²) in [6, 6.07) is 0.299. The van der Waals surface area contributed by atoms with Crippen molar-refractivity contribution in [2.75, 3.05) is 6.54 Å². The molecule has 1 atom stereocenters. The fourth-order valence-electron chi connectivity index (χ4n) is 3.08. The van der Waals surface area contributed by atoms with E-state index >= 15 is 0 Å². The lowest BCUT2D eigenvalue weighted by atomic mass is 9.93. The standard InChI is InChI=1S/C20H33N7S/c1-7-21-19(22-10-17-24-15(12-28-17)20(4,5)6)23-14-8-9-16-25-18(13(2)3)26-27(16)11-14/h12-14H,7-11H2,1-6H3,(H2,21,22,23). The van der Waals surface area contributed by atoms with E-state index in [0.717, 1.165) is 54.2 Å². The van der Waals surface area contributed by atoms with E-state index in [2.05, 4.69) is 72.3 Å². The van der Waals surface area contributed by atoms with Gasteiger partial charge in [0.1, 0.15) is 10.8 Å². The lowest BCUT2D eigenvalue weighted by Gasteiger charge is -2.25. The predicted molar refractivity (Wildman–Crippen MR) is 115 cm³/mol. The quantitative estimate of drug-likeness (QED) is 0.592. The monoisotopic (exact) mass is 403 g/mol. The van der Waals surface area contributed by atoms with Gasteiger partial charge in [-0.15, -0.1) is 11.3 Å². The van der Waals surface area contributed by atoms with Gasteiger partial charge in [-0.2, -0.15) is 5.10 Å². The van der Waals surface area contributed by atoms with Crippen molar-refractivity contribution in [3.63, 3.8) is 0 Å². The first-order chi connectivity index (χ1) is 13.3. The molecular weight excluding hydrogens is 370 g/mol. The minimum atomic E-state index is 0.0770. The Morgan fingerprint density at radius 1 is 1.36 bits per heavy atom. The number of fused-ring (bicyclic) bond motifs is 1. The van der Waals surface area contributed by atoms with Crippen LogP contribution in [-0.2, 0) is 24.9 Å². The Bertz CT molecular complexity index is 813. The number of thiazole rings is 1. The SMILES string of the molecule is CCNC(=NCc1nc(C(C)(C)C)cs1)NC1CCc2nc(C(C)C)nn2C1. The molecule has 0 aromatic carbocycles.